The number of hydrogen-bond acceptors (Lipinski definition) is 5. The highest BCUT2D eigenvalue weighted by Gasteiger charge is 2.29. The van der Waals surface area contributed by atoms with Crippen molar-refractivity contribution in [3.8, 4) is 11.5 Å². The highest BCUT2D eigenvalue weighted by Crippen LogP contribution is 2.33. The number of carbonyl (C=O) groups excluding carboxylic acids is 2. The Kier molecular flexibility index (Phi) is 6.92. The quantitative estimate of drug-likeness (QED) is 0.591. The maximum Gasteiger partial charge on any atom is 0.265 e. The molecule has 3 rings (SSSR count). The van der Waals surface area contributed by atoms with Crippen LogP contribution in [0.15, 0.2) is 30.3 Å². The molecule has 1 aliphatic rings. The molecule has 1 heterocycles. The van der Waals surface area contributed by atoms with Crippen LogP contribution in [0.1, 0.15) is 49.2 Å². The van der Waals surface area contributed by atoms with Gasteiger partial charge in [-0.3, -0.25) is 9.59 Å². The standard InChI is InChI=1S/C21H26N2O4S/c1-3-11-26-16-8-7-15(13-17(16)27-12-4-2)22-21(25)18-9-10-19(28-18)23-20(24)14-5-6-14/h7-10,13-14H,3-6,11-12H2,1-2H3,(H,22,25)(H,23,24). The van der Waals surface area contributed by atoms with Crippen molar-refractivity contribution in [3.63, 3.8) is 0 Å². The number of rotatable bonds is 10. The molecule has 28 heavy (non-hydrogen) atoms. The fraction of sp³-hybridized carbons (Fsp3) is 0.429. The number of hydrogen-bond donors (Lipinski definition) is 2. The molecule has 0 radical (unpaired) electrons. The first-order valence-electron chi connectivity index (χ1n) is 9.72. The lowest BCUT2D eigenvalue weighted by Crippen LogP contribution is -2.12. The molecule has 0 spiro atoms. The van der Waals surface area contributed by atoms with E-state index in [1.54, 1.807) is 24.3 Å². The second-order valence-corrected chi connectivity index (χ2v) is 7.82. The minimum absolute atomic E-state index is 0.0363. The fourth-order valence-corrected chi connectivity index (χ4v) is 3.34. The van der Waals surface area contributed by atoms with Crippen LogP contribution in [-0.4, -0.2) is 25.0 Å². The van der Waals surface area contributed by atoms with Gasteiger partial charge in [-0.25, -0.2) is 0 Å². The third-order valence-corrected chi connectivity index (χ3v) is 5.15. The van der Waals surface area contributed by atoms with E-state index in [9.17, 15) is 9.59 Å². The lowest BCUT2D eigenvalue weighted by Gasteiger charge is -2.14. The summed E-state index contributed by atoms with van der Waals surface area (Å²) in [6.45, 7) is 5.27. The van der Waals surface area contributed by atoms with Gasteiger partial charge in [0.15, 0.2) is 11.5 Å². The molecule has 150 valence electrons. The first-order valence-corrected chi connectivity index (χ1v) is 10.5. The molecule has 1 fully saturated rings. The number of thiophene rings is 1. The van der Waals surface area contributed by atoms with Crippen LogP contribution >= 0.6 is 11.3 Å². The van der Waals surface area contributed by atoms with Crippen molar-refractivity contribution in [1.82, 2.24) is 0 Å². The SMILES string of the molecule is CCCOc1ccc(NC(=O)c2ccc(NC(=O)C3CC3)s2)cc1OCCC. The van der Waals surface area contributed by atoms with E-state index in [1.165, 1.54) is 11.3 Å². The molecular weight excluding hydrogens is 376 g/mol. The van der Waals surface area contributed by atoms with E-state index in [0.717, 1.165) is 25.7 Å². The van der Waals surface area contributed by atoms with Gasteiger partial charge in [-0.05, 0) is 49.9 Å². The summed E-state index contributed by atoms with van der Waals surface area (Å²) in [7, 11) is 0. The summed E-state index contributed by atoms with van der Waals surface area (Å²) in [5, 5.41) is 6.44. The van der Waals surface area contributed by atoms with E-state index < -0.39 is 0 Å². The molecule has 6 nitrogen and oxygen atoms in total. The van der Waals surface area contributed by atoms with E-state index in [0.29, 0.717) is 40.3 Å². The van der Waals surface area contributed by atoms with E-state index in [-0.39, 0.29) is 17.7 Å². The minimum atomic E-state index is -0.222. The Morgan fingerprint density at radius 3 is 2.39 bits per heavy atom. The Balaban J connectivity index is 1.65. The Bertz CT molecular complexity index is 830. The van der Waals surface area contributed by atoms with Gasteiger partial charge in [-0.1, -0.05) is 13.8 Å². The predicted molar refractivity (Wildman–Crippen MR) is 112 cm³/mol. The number of amides is 2. The lowest BCUT2D eigenvalue weighted by atomic mass is 10.2. The number of carbonyl (C=O) groups is 2. The van der Waals surface area contributed by atoms with Crippen molar-refractivity contribution in [2.24, 2.45) is 5.92 Å². The van der Waals surface area contributed by atoms with Crippen LogP contribution in [0.2, 0.25) is 0 Å². The molecule has 0 atom stereocenters. The van der Waals surface area contributed by atoms with Gasteiger partial charge in [-0.2, -0.15) is 0 Å². The number of anilines is 2. The second kappa shape index (κ2) is 9.59. The Morgan fingerprint density at radius 2 is 1.71 bits per heavy atom. The Morgan fingerprint density at radius 1 is 1.00 bits per heavy atom. The van der Waals surface area contributed by atoms with Crippen molar-refractivity contribution in [2.45, 2.75) is 39.5 Å². The predicted octanol–water partition coefficient (Wildman–Crippen LogP) is 4.93. The highest BCUT2D eigenvalue weighted by molar-refractivity contribution is 7.18. The maximum absolute atomic E-state index is 12.6. The van der Waals surface area contributed by atoms with Crippen LogP contribution in [0.25, 0.3) is 0 Å². The van der Waals surface area contributed by atoms with E-state index in [4.69, 9.17) is 9.47 Å². The molecule has 1 saturated carbocycles. The Labute approximate surface area is 169 Å². The topological polar surface area (TPSA) is 76.7 Å². The van der Waals surface area contributed by atoms with Crippen LogP contribution in [0, 0.1) is 5.92 Å². The van der Waals surface area contributed by atoms with Crippen LogP contribution < -0.4 is 20.1 Å². The monoisotopic (exact) mass is 402 g/mol. The van der Waals surface area contributed by atoms with E-state index >= 15 is 0 Å². The highest BCUT2D eigenvalue weighted by atomic mass is 32.1. The van der Waals surface area contributed by atoms with Crippen LogP contribution in [0.3, 0.4) is 0 Å². The Hall–Kier alpha value is -2.54. The average molecular weight is 403 g/mol. The normalized spacial score (nSPS) is 13.1. The van der Waals surface area contributed by atoms with Gasteiger partial charge >= 0.3 is 0 Å². The largest absolute Gasteiger partial charge is 0.490 e. The molecule has 0 bridgehead atoms. The molecule has 2 amide bonds. The lowest BCUT2D eigenvalue weighted by molar-refractivity contribution is -0.117. The molecule has 0 aliphatic heterocycles. The molecule has 2 N–H and O–H groups in total. The third kappa shape index (κ3) is 5.48. The molecule has 7 heteroatoms. The molecule has 0 unspecified atom stereocenters. The van der Waals surface area contributed by atoms with E-state index in [2.05, 4.69) is 10.6 Å². The summed E-state index contributed by atoms with van der Waals surface area (Å²) in [5.74, 6) is 1.25. The van der Waals surface area contributed by atoms with Gasteiger partial charge in [-0.15, -0.1) is 11.3 Å². The van der Waals surface area contributed by atoms with Gasteiger partial charge in [0.1, 0.15) is 0 Å². The summed E-state index contributed by atoms with van der Waals surface area (Å²) in [6.07, 6.45) is 3.69. The molecule has 1 aromatic carbocycles. The number of nitrogens with one attached hydrogen (secondary N) is 2. The molecule has 2 aromatic rings. The van der Waals surface area contributed by atoms with Crippen LogP contribution in [0.5, 0.6) is 11.5 Å². The number of ether oxygens (including phenoxy) is 2. The molecule has 1 aromatic heterocycles. The summed E-state index contributed by atoms with van der Waals surface area (Å²) >= 11 is 1.27. The summed E-state index contributed by atoms with van der Waals surface area (Å²) < 4.78 is 11.5. The second-order valence-electron chi connectivity index (χ2n) is 6.74. The first kappa shape index (κ1) is 20.2. The summed E-state index contributed by atoms with van der Waals surface area (Å²) in [6, 6.07) is 8.87. The van der Waals surface area contributed by atoms with Crippen molar-refractivity contribution < 1.29 is 19.1 Å². The van der Waals surface area contributed by atoms with E-state index in [1.807, 2.05) is 19.9 Å². The smallest absolute Gasteiger partial charge is 0.265 e. The zero-order chi connectivity index (χ0) is 19.9. The summed E-state index contributed by atoms with van der Waals surface area (Å²) in [5.41, 5.74) is 0.636. The first-order chi connectivity index (χ1) is 13.6. The van der Waals surface area contributed by atoms with Gasteiger partial charge in [0, 0.05) is 17.7 Å². The minimum Gasteiger partial charge on any atom is -0.490 e. The number of benzene rings is 1. The maximum atomic E-state index is 12.6. The molecule has 0 saturated heterocycles. The molecule has 1 aliphatic carbocycles. The zero-order valence-electron chi connectivity index (χ0n) is 16.2. The van der Waals surface area contributed by atoms with Gasteiger partial charge < -0.3 is 20.1 Å². The third-order valence-electron chi connectivity index (χ3n) is 4.15. The fourth-order valence-electron chi connectivity index (χ4n) is 2.53. The van der Waals surface area contributed by atoms with Gasteiger partial charge in [0.25, 0.3) is 5.91 Å². The van der Waals surface area contributed by atoms with Crippen LogP contribution in [0.4, 0.5) is 10.7 Å². The van der Waals surface area contributed by atoms with Crippen molar-refractivity contribution in [3.05, 3.63) is 35.2 Å². The van der Waals surface area contributed by atoms with Crippen molar-refractivity contribution in [1.29, 1.82) is 0 Å². The summed E-state index contributed by atoms with van der Waals surface area (Å²) in [4.78, 5) is 24.9. The zero-order valence-corrected chi connectivity index (χ0v) is 17.1. The van der Waals surface area contributed by atoms with Gasteiger partial charge in [0.2, 0.25) is 5.91 Å². The van der Waals surface area contributed by atoms with Gasteiger partial charge in [0.05, 0.1) is 23.1 Å². The van der Waals surface area contributed by atoms with Crippen LogP contribution in [-0.2, 0) is 4.79 Å². The van der Waals surface area contributed by atoms with Crippen molar-refractivity contribution in [2.75, 3.05) is 23.8 Å². The average Bonchev–Trinajstić information content (AvgIpc) is 3.45. The molecular formula is C21H26N2O4S. The van der Waals surface area contributed by atoms with Crippen molar-refractivity contribution >= 4 is 33.8 Å².